The Morgan fingerprint density at radius 1 is 1.60 bits per heavy atom. The molecule has 2 unspecified atom stereocenters. The van der Waals surface area contributed by atoms with E-state index in [9.17, 15) is 14.9 Å². The molecule has 2 aromatic rings. The van der Waals surface area contributed by atoms with Crippen LogP contribution in [0.4, 0.5) is 11.6 Å². The maximum atomic E-state index is 11.2. The molecule has 106 valence electrons. The Kier molecular flexibility index (Phi) is 3.05. The Bertz CT molecular complexity index is 679. The molecule has 0 radical (unpaired) electrons. The lowest BCUT2D eigenvalue weighted by Crippen LogP contribution is -2.30. The van der Waals surface area contributed by atoms with Crippen molar-refractivity contribution >= 4 is 33.9 Å². The molecular weight excluding hydrogens is 284 g/mol. The molecule has 0 saturated heterocycles. The quantitative estimate of drug-likeness (QED) is 0.659. The minimum Gasteiger partial charge on any atom is -0.481 e. The lowest BCUT2D eigenvalue weighted by atomic mass is 10.0. The number of imidazole rings is 1. The number of anilines is 1. The van der Waals surface area contributed by atoms with Crippen molar-refractivity contribution in [3.63, 3.8) is 0 Å². The van der Waals surface area contributed by atoms with Gasteiger partial charge in [0, 0.05) is 11.4 Å². The lowest BCUT2D eigenvalue weighted by Gasteiger charge is -2.16. The van der Waals surface area contributed by atoms with Crippen LogP contribution in [0.15, 0.2) is 11.6 Å². The third kappa shape index (κ3) is 1.99. The van der Waals surface area contributed by atoms with Crippen LogP contribution in [0.3, 0.4) is 0 Å². The summed E-state index contributed by atoms with van der Waals surface area (Å²) in [7, 11) is 0. The summed E-state index contributed by atoms with van der Waals surface area (Å²) in [6.45, 7) is 0. The average molecular weight is 296 g/mol. The van der Waals surface area contributed by atoms with Gasteiger partial charge in [0.05, 0.1) is 5.92 Å². The van der Waals surface area contributed by atoms with E-state index in [0.717, 1.165) is 6.42 Å². The number of aromatic nitrogens is 2. The predicted molar refractivity (Wildman–Crippen MR) is 72.1 cm³/mol. The number of rotatable bonds is 4. The highest BCUT2D eigenvalue weighted by molar-refractivity contribution is 7.15. The Morgan fingerprint density at radius 2 is 2.40 bits per heavy atom. The summed E-state index contributed by atoms with van der Waals surface area (Å²) in [6.07, 6.45) is 3.65. The van der Waals surface area contributed by atoms with E-state index in [1.54, 1.807) is 11.6 Å². The second kappa shape index (κ2) is 4.75. The number of nitrogens with zero attached hydrogens (tertiary/aromatic N) is 3. The van der Waals surface area contributed by atoms with E-state index in [-0.39, 0.29) is 17.7 Å². The summed E-state index contributed by atoms with van der Waals surface area (Å²) in [5.74, 6) is -1.38. The predicted octanol–water partition coefficient (Wildman–Crippen LogP) is 1.97. The van der Waals surface area contributed by atoms with Crippen LogP contribution < -0.4 is 5.32 Å². The van der Waals surface area contributed by atoms with Crippen LogP contribution in [0, 0.1) is 16.0 Å². The molecule has 2 heterocycles. The normalized spacial score (nSPS) is 22.2. The zero-order valence-corrected chi connectivity index (χ0v) is 11.2. The smallest absolute Gasteiger partial charge is 0.372 e. The first-order chi connectivity index (χ1) is 9.58. The van der Waals surface area contributed by atoms with E-state index in [4.69, 9.17) is 5.11 Å². The van der Waals surface area contributed by atoms with Gasteiger partial charge in [0.15, 0.2) is 0 Å². The number of thiazole rings is 1. The molecule has 1 aliphatic carbocycles. The summed E-state index contributed by atoms with van der Waals surface area (Å²) >= 11 is 1.30. The van der Waals surface area contributed by atoms with E-state index in [1.165, 1.54) is 15.7 Å². The van der Waals surface area contributed by atoms with Crippen molar-refractivity contribution in [1.29, 1.82) is 0 Å². The first kappa shape index (κ1) is 12.9. The molecule has 1 saturated carbocycles. The van der Waals surface area contributed by atoms with Gasteiger partial charge in [0.1, 0.15) is 6.20 Å². The van der Waals surface area contributed by atoms with Crippen LogP contribution in [0.25, 0.3) is 4.96 Å². The van der Waals surface area contributed by atoms with Gasteiger partial charge in [-0.2, -0.15) is 9.38 Å². The van der Waals surface area contributed by atoms with Crippen molar-refractivity contribution in [2.45, 2.75) is 25.3 Å². The molecule has 9 heteroatoms. The fourth-order valence-corrected chi connectivity index (χ4v) is 3.36. The molecule has 1 fully saturated rings. The van der Waals surface area contributed by atoms with Crippen LogP contribution in [-0.2, 0) is 4.79 Å². The third-order valence-electron chi connectivity index (χ3n) is 3.57. The van der Waals surface area contributed by atoms with Crippen LogP contribution >= 0.6 is 11.3 Å². The molecule has 1 aliphatic rings. The SMILES string of the molecule is O=C(O)C1CCCC1Nc1nc2sccn2c1[N+](=O)[O-]. The fraction of sp³-hybridized carbons (Fsp3) is 0.455. The largest absolute Gasteiger partial charge is 0.481 e. The van der Waals surface area contributed by atoms with Crippen LogP contribution in [-0.4, -0.2) is 31.4 Å². The number of nitrogens with one attached hydrogen (secondary N) is 1. The number of hydrogen-bond acceptors (Lipinski definition) is 6. The molecule has 2 aromatic heterocycles. The molecule has 2 atom stereocenters. The molecular formula is C11H12N4O4S. The topological polar surface area (TPSA) is 110 Å². The number of fused-ring (bicyclic) bond motifs is 1. The van der Waals surface area contributed by atoms with Gasteiger partial charge in [0.25, 0.3) is 4.96 Å². The second-order valence-corrected chi connectivity index (χ2v) is 5.60. The van der Waals surface area contributed by atoms with Gasteiger partial charge in [-0.3, -0.25) is 4.79 Å². The van der Waals surface area contributed by atoms with Gasteiger partial charge in [-0.05, 0) is 17.8 Å². The van der Waals surface area contributed by atoms with E-state index in [0.29, 0.717) is 17.8 Å². The molecule has 0 aromatic carbocycles. The van der Waals surface area contributed by atoms with Crippen molar-refractivity contribution in [3.8, 4) is 0 Å². The Hall–Kier alpha value is -2.16. The standard InChI is InChI=1S/C11H12N4O4S/c16-10(17)6-2-1-3-7(6)12-8-9(15(18)19)14-4-5-20-11(14)13-8/h4-7,12H,1-3H2,(H,16,17). The Morgan fingerprint density at radius 3 is 3.10 bits per heavy atom. The van der Waals surface area contributed by atoms with E-state index in [1.807, 2.05) is 0 Å². The maximum absolute atomic E-state index is 11.2. The Balaban J connectivity index is 1.94. The number of carboxylic acids is 1. The van der Waals surface area contributed by atoms with Gasteiger partial charge in [0.2, 0.25) is 5.82 Å². The molecule has 8 nitrogen and oxygen atoms in total. The number of nitro groups is 1. The molecule has 3 rings (SSSR count). The number of hydrogen-bond donors (Lipinski definition) is 2. The lowest BCUT2D eigenvalue weighted by molar-refractivity contribution is -0.389. The van der Waals surface area contributed by atoms with Crippen molar-refractivity contribution in [2.75, 3.05) is 5.32 Å². The zero-order chi connectivity index (χ0) is 14.3. The van der Waals surface area contributed by atoms with E-state index < -0.39 is 16.8 Å². The minimum absolute atomic E-state index is 0.141. The van der Waals surface area contributed by atoms with Crippen molar-refractivity contribution in [3.05, 3.63) is 21.7 Å². The highest BCUT2D eigenvalue weighted by Crippen LogP contribution is 2.33. The van der Waals surface area contributed by atoms with Crippen molar-refractivity contribution in [1.82, 2.24) is 9.38 Å². The molecule has 0 spiro atoms. The second-order valence-electron chi connectivity index (χ2n) is 4.72. The zero-order valence-electron chi connectivity index (χ0n) is 10.4. The monoisotopic (exact) mass is 296 g/mol. The number of aliphatic carboxylic acids is 1. The van der Waals surface area contributed by atoms with E-state index >= 15 is 0 Å². The van der Waals surface area contributed by atoms with Crippen molar-refractivity contribution < 1.29 is 14.8 Å². The van der Waals surface area contributed by atoms with Crippen LogP contribution in [0.2, 0.25) is 0 Å². The minimum atomic E-state index is -0.872. The molecule has 0 bridgehead atoms. The number of carboxylic acid groups (broad SMARTS) is 1. The maximum Gasteiger partial charge on any atom is 0.372 e. The summed E-state index contributed by atoms with van der Waals surface area (Å²) in [5, 5.41) is 25.0. The van der Waals surface area contributed by atoms with Crippen LogP contribution in [0.5, 0.6) is 0 Å². The van der Waals surface area contributed by atoms with Gasteiger partial charge in [-0.1, -0.05) is 17.8 Å². The van der Waals surface area contributed by atoms with E-state index in [2.05, 4.69) is 10.3 Å². The van der Waals surface area contributed by atoms with Crippen LogP contribution in [0.1, 0.15) is 19.3 Å². The third-order valence-corrected chi connectivity index (χ3v) is 4.32. The molecule has 20 heavy (non-hydrogen) atoms. The van der Waals surface area contributed by atoms with Gasteiger partial charge in [-0.25, -0.2) is 0 Å². The highest BCUT2D eigenvalue weighted by Gasteiger charge is 2.35. The summed E-state index contributed by atoms with van der Waals surface area (Å²) < 4.78 is 1.40. The summed E-state index contributed by atoms with van der Waals surface area (Å²) in [5.41, 5.74) is 0. The highest BCUT2D eigenvalue weighted by atomic mass is 32.1. The van der Waals surface area contributed by atoms with Gasteiger partial charge in [-0.15, -0.1) is 0 Å². The summed E-state index contributed by atoms with van der Waals surface area (Å²) in [6, 6.07) is -0.309. The Labute approximate surface area is 117 Å². The first-order valence-corrected chi connectivity index (χ1v) is 7.05. The molecule has 0 amide bonds. The van der Waals surface area contributed by atoms with Gasteiger partial charge >= 0.3 is 11.8 Å². The van der Waals surface area contributed by atoms with Gasteiger partial charge < -0.3 is 20.5 Å². The fourth-order valence-electron chi connectivity index (χ4n) is 2.65. The number of carbonyl (C=O) groups is 1. The van der Waals surface area contributed by atoms with Crippen molar-refractivity contribution in [2.24, 2.45) is 5.92 Å². The molecule has 0 aliphatic heterocycles. The average Bonchev–Trinajstić information content (AvgIpc) is 3.02. The molecule has 2 N–H and O–H groups in total. The summed E-state index contributed by atoms with van der Waals surface area (Å²) in [4.78, 5) is 26.5. The first-order valence-electron chi connectivity index (χ1n) is 6.17.